The number of aliphatic hydroxyl groups is 1. The van der Waals surface area contributed by atoms with E-state index in [9.17, 15) is 43.2 Å². The van der Waals surface area contributed by atoms with E-state index in [1.165, 1.54) is 186 Å². The van der Waals surface area contributed by atoms with E-state index in [1.54, 1.807) is 0 Å². The van der Waals surface area contributed by atoms with Crippen molar-refractivity contribution in [1.29, 1.82) is 0 Å². The predicted octanol–water partition coefficient (Wildman–Crippen LogP) is 23.1. The Morgan fingerprint density at radius 3 is 0.918 bits per heavy atom. The van der Waals surface area contributed by atoms with E-state index >= 15 is 0 Å². The van der Waals surface area contributed by atoms with Crippen LogP contribution in [0.1, 0.15) is 388 Å². The molecule has 98 heavy (non-hydrogen) atoms. The number of carbonyl (C=O) groups is 4. The van der Waals surface area contributed by atoms with Crippen LogP contribution in [0.3, 0.4) is 0 Å². The van der Waals surface area contributed by atoms with E-state index in [2.05, 4.69) is 65.8 Å². The molecule has 0 heterocycles. The molecule has 0 rings (SSSR count). The Kier molecular flexibility index (Phi) is 68.5. The maximum atomic E-state index is 13.1. The zero-order valence-electron chi connectivity index (χ0n) is 63.6. The first-order chi connectivity index (χ1) is 47.4. The van der Waals surface area contributed by atoms with Gasteiger partial charge in [0.15, 0.2) is 12.2 Å². The van der Waals surface area contributed by atoms with Crippen LogP contribution in [-0.2, 0) is 65.4 Å². The summed E-state index contributed by atoms with van der Waals surface area (Å²) < 4.78 is 68.6. The minimum absolute atomic E-state index is 0.101. The van der Waals surface area contributed by atoms with Gasteiger partial charge in [-0.05, 0) is 63.2 Å². The molecule has 578 valence electrons. The fourth-order valence-electron chi connectivity index (χ4n) is 11.6. The van der Waals surface area contributed by atoms with Crippen molar-refractivity contribution >= 4 is 39.5 Å². The molecule has 0 amide bonds. The summed E-state index contributed by atoms with van der Waals surface area (Å²) in [6, 6.07) is 0. The lowest BCUT2D eigenvalue weighted by molar-refractivity contribution is -0.161. The van der Waals surface area contributed by atoms with E-state index in [1.807, 2.05) is 0 Å². The lowest BCUT2D eigenvalue weighted by atomic mass is 9.99. The van der Waals surface area contributed by atoms with Crippen molar-refractivity contribution in [1.82, 2.24) is 0 Å². The van der Waals surface area contributed by atoms with Crippen LogP contribution in [0.15, 0.2) is 24.3 Å². The summed E-state index contributed by atoms with van der Waals surface area (Å²) >= 11 is 0. The number of phosphoric acid groups is 2. The number of aliphatic hydroxyl groups excluding tert-OH is 1. The van der Waals surface area contributed by atoms with Crippen molar-refractivity contribution in [2.75, 3.05) is 39.6 Å². The van der Waals surface area contributed by atoms with Gasteiger partial charge in [0.2, 0.25) is 0 Å². The van der Waals surface area contributed by atoms with Crippen LogP contribution in [0, 0.1) is 11.8 Å². The molecular weight excluding hydrogens is 1280 g/mol. The highest BCUT2D eigenvalue weighted by Gasteiger charge is 2.30. The number of rotatable bonds is 76. The van der Waals surface area contributed by atoms with Gasteiger partial charge in [-0.1, -0.05) is 336 Å². The molecule has 3 N–H and O–H groups in total. The van der Waals surface area contributed by atoms with E-state index in [4.69, 9.17) is 37.0 Å². The molecule has 0 aliphatic carbocycles. The van der Waals surface area contributed by atoms with Gasteiger partial charge < -0.3 is 33.8 Å². The average molecular weight is 1430 g/mol. The number of phosphoric ester groups is 2. The normalized spacial score (nSPS) is 14.4. The Hall–Kier alpha value is -2.46. The highest BCUT2D eigenvalue weighted by atomic mass is 31.2. The third kappa shape index (κ3) is 70.6. The van der Waals surface area contributed by atoms with Crippen LogP contribution in [-0.4, -0.2) is 96.7 Å². The Bertz CT molecular complexity index is 1990. The first-order valence-electron chi connectivity index (χ1n) is 40.3. The molecule has 0 spiro atoms. The van der Waals surface area contributed by atoms with E-state index in [0.29, 0.717) is 25.7 Å². The molecule has 0 aromatic rings. The van der Waals surface area contributed by atoms with Crippen LogP contribution >= 0.6 is 15.6 Å². The molecule has 0 bridgehead atoms. The second kappa shape index (κ2) is 70.2. The van der Waals surface area contributed by atoms with Gasteiger partial charge in [-0.2, -0.15) is 0 Å². The molecule has 0 saturated carbocycles. The quantitative estimate of drug-likeness (QED) is 0.0169. The standard InChI is InChI=1S/C79H150O17P2/c1-7-10-12-14-16-18-20-22-24-29-32-36-43-49-55-61-76(81)89-67-74(95-79(84)64-58-52-46-38-34-30-26-25-27-31-35-42-48-54-60-72(6)9-3)69-93-97(85,86)91-65-73(80)66-92-98(87,88)94-70-75(68-90-77(82)62-56-50-44-40-39-41-47-53-59-71(4)5)96-78(83)63-57-51-45-37-33-28-23-21-19-17-15-13-11-8-2/h18,20,22,24,71-75,80H,7-17,19,21,23,25-70H2,1-6H3,(H,85,86)(H,87,88)/b20-18-,24-22-/t72?,73-,74-,75-/m1/s1. The molecule has 0 fully saturated rings. The van der Waals surface area contributed by atoms with Crippen molar-refractivity contribution in [2.45, 2.75) is 407 Å². The maximum absolute atomic E-state index is 13.1. The molecule has 6 atom stereocenters. The summed E-state index contributed by atoms with van der Waals surface area (Å²) in [5.41, 5.74) is 0. The summed E-state index contributed by atoms with van der Waals surface area (Å²) in [5.74, 6) is -0.572. The number of unbranched alkanes of at least 4 members (excludes halogenated alkanes) is 42. The molecular formula is C79H150O17P2. The third-order valence-electron chi connectivity index (χ3n) is 18.2. The Morgan fingerprint density at radius 2 is 0.602 bits per heavy atom. The smallest absolute Gasteiger partial charge is 0.462 e. The Balaban J connectivity index is 5.29. The fourth-order valence-corrected chi connectivity index (χ4v) is 13.2. The van der Waals surface area contributed by atoms with Gasteiger partial charge in [0.25, 0.3) is 0 Å². The van der Waals surface area contributed by atoms with Gasteiger partial charge in [-0.15, -0.1) is 0 Å². The number of esters is 4. The van der Waals surface area contributed by atoms with Gasteiger partial charge in [0.1, 0.15) is 19.3 Å². The number of ether oxygens (including phenoxy) is 4. The van der Waals surface area contributed by atoms with Gasteiger partial charge >= 0.3 is 39.5 Å². The van der Waals surface area contributed by atoms with E-state index in [0.717, 1.165) is 121 Å². The minimum Gasteiger partial charge on any atom is -0.462 e. The molecule has 0 aliphatic heterocycles. The molecule has 0 saturated heterocycles. The molecule has 3 unspecified atom stereocenters. The maximum Gasteiger partial charge on any atom is 0.472 e. The van der Waals surface area contributed by atoms with Gasteiger partial charge in [0, 0.05) is 25.7 Å². The highest BCUT2D eigenvalue weighted by Crippen LogP contribution is 2.45. The Morgan fingerprint density at radius 1 is 0.337 bits per heavy atom. The summed E-state index contributed by atoms with van der Waals surface area (Å²) in [7, 11) is -9.93. The molecule has 19 heteroatoms. The number of carbonyl (C=O) groups excluding carboxylic acids is 4. The second-order valence-corrected chi connectivity index (χ2v) is 31.4. The molecule has 0 aromatic heterocycles. The summed E-state index contributed by atoms with van der Waals surface area (Å²) in [4.78, 5) is 72.9. The number of allylic oxidation sites excluding steroid dienone is 4. The molecule has 0 aromatic carbocycles. The van der Waals surface area contributed by atoms with Crippen LogP contribution in [0.5, 0.6) is 0 Å². The van der Waals surface area contributed by atoms with Crippen molar-refractivity contribution < 1.29 is 80.2 Å². The van der Waals surface area contributed by atoms with Gasteiger partial charge in [0.05, 0.1) is 26.4 Å². The minimum atomic E-state index is -4.97. The number of hydrogen-bond donors (Lipinski definition) is 3. The fraction of sp³-hybridized carbons (Fsp3) is 0.899. The largest absolute Gasteiger partial charge is 0.472 e. The van der Waals surface area contributed by atoms with E-state index in [-0.39, 0.29) is 25.7 Å². The van der Waals surface area contributed by atoms with Crippen LogP contribution in [0.25, 0.3) is 0 Å². The average Bonchev–Trinajstić information content (AvgIpc) is 1.10. The first kappa shape index (κ1) is 95.5. The number of hydrogen-bond acceptors (Lipinski definition) is 15. The van der Waals surface area contributed by atoms with Crippen molar-refractivity contribution in [3.8, 4) is 0 Å². The monoisotopic (exact) mass is 1430 g/mol. The van der Waals surface area contributed by atoms with Crippen molar-refractivity contribution in [3.05, 3.63) is 24.3 Å². The topological polar surface area (TPSA) is 237 Å². The molecule has 0 radical (unpaired) electrons. The second-order valence-electron chi connectivity index (χ2n) is 28.5. The summed E-state index contributed by atoms with van der Waals surface area (Å²) in [5, 5.41) is 10.6. The van der Waals surface area contributed by atoms with Crippen molar-refractivity contribution in [2.24, 2.45) is 11.8 Å². The summed E-state index contributed by atoms with van der Waals surface area (Å²) in [6.07, 6.45) is 61.7. The summed E-state index contributed by atoms with van der Waals surface area (Å²) in [6.45, 7) is 9.57. The first-order valence-corrected chi connectivity index (χ1v) is 43.3. The van der Waals surface area contributed by atoms with Gasteiger partial charge in [-0.3, -0.25) is 37.3 Å². The molecule has 17 nitrogen and oxygen atoms in total. The van der Waals surface area contributed by atoms with Gasteiger partial charge in [-0.25, -0.2) is 9.13 Å². The van der Waals surface area contributed by atoms with Crippen LogP contribution in [0.4, 0.5) is 0 Å². The third-order valence-corrected chi connectivity index (χ3v) is 20.1. The molecule has 0 aliphatic rings. The zero-order chi connectivity index (χ0) is 72.1. The highest BCUT2D eigenvalue weighted by molar-refractivity contribution is 7.47. The predicted molar refractivity (Wildman–Crippen MR) is 400 cm³/mol. The lowest BCUT2D eigenvalue weighted by Gasteiger charge is -2.21. The van der Waals surface area contributed by atoms with Crippen LogP contribution in [0.2, 0.25) is 0 Å². The zero-order valence-corrected chi connectivity index (χ0v) is 65.4. The lowest BCUT2D eigenvalue weighted by Crippen LogP contribution is -2.30. The Labute approximate surface area is 599 Å². The van der Waals surface area contributed by atoms with E-state index < -0.39 is 97.5 Å². The SMILES string of the molecule is CCCCCC/C=C\C=C/CCCCCCCC(=O)OC[C@H](COP(=O)(O)OC[C@@H](O)COP(=O)(O)OC[C@@H](COC(=O)CCCCCCCCCCC(C)C)OC(=O)CCCCCCCCCCCCCCCC)OC(=O)CCCCCCCCCCCCCCCCC(C)CC. The van der Waals surface area contributed by atoms with Crippen molar-refractivity contribution in [3.63, 3.8) is 0 Å². The van der Waals surface area contributed by atoms with Crippen LogP contribution < -0.4 is 0 Å².